The molecule has 0 bridgehead atoms. The predicted molar refractivity (Wildman–Crippen MR) is 85.5 cm³/mol. The van der Waals surface area contributed by atoms with Crippen LogP contribution in [-0.4, -0.2) is 28.7 Å². The second-order valence-electron chi connectivity index (χ2n) is 5.07. The van der Waals surface area contributed by atoms with E-state index in [1.165, 1.54) is 11.3 Å². The summed E-state index contributed by atoms with van der Waals surface area (Å²) in [6.07, 6.45) is 0. The van der Waals surface area contributed by atoms with Crippen LogP contribution in [0.3, 0.4) is 0 Å². The molecule has 0 fully saturated rings. The SMILES string of the molecule is CN(C)c1ccc(CNc2cccc3nc(N)nn23)cc1. The Hall–Kier alpha value is -2.76. The van der Waals surface area contributed by atoms with Crippen LogP contribution in [0.1, 0.15) is 5.56 Å². The van der Waals surface area contributed by atoms with Gasteiger partial charge < -0.3 is 16.0 Å². The molecule has 0 aliphatic rings. The molecule has 108 valence electrons. The van der Waals surface area contributed by atoms with E-state index in [4.69, 9.17) is 5.73 Å². The summed E-state index contributed by atoms with van der Waals surface area (Å²) in [5.41, 5.74) is 8.76. The predicted octanol–water partition coefficient (Wildman–Crippen LogP) is 1.99. The third-order valence-corrected chi connectivity index (χ3v) is 3.30. The quantitative estimate of drug-likeness (QED) is 0.765. The second kappa shape index (κ2) is 5.32. The molecule has 2 aromatic heterocycles. The van der Waals surface area contributed by atoms with Gasteiger partial charge in [0.1, 0.15) is 5.82 Å². The van der Waals surface area contributed by atoms with Crippen LogP contribution < -0.4 is 16.0 Å². The van der Waals surface area contributed by atoms with Crippen molar-refractivity contribution in [3.8, 4) is 0 Å². The Morgan fingerprint density at radius 2 is 1.90 bits per heavy atom. The molecule has 1 aromatic carbocycles. The number of nitrogens with one attached hydrogen (secondary N) is 1. The Morgan fingerprint density at radius 3 is 2.62 bits per heavy atom. The van der Waals surface area contributed by atoms with E-state index in [0.29, 0.717) is 6.54 Å². The lowest BCUT2D eigenvalue weighted by Crippen LogP contribution is -2.09. The monoisotopic (exact) mass is 282 g/mol. The summed E-state index contributed by atoms with van der Waals surface area (Å²) in [6.45, 7) is 0.715. The van der Waals surface area contributed by atoms with Crippen molar-refractivity contribution in [2.24, 2.45) is 0 Å². The molecular weight excluding hydrogens is 264 g/mol. The first-order valence-corrected chi connectivity index (χ1v) is 6.75. The topological polar surface area (TPSA) is 71.5 Å². The summed E-state index contributed by atoms with van der Waals surface area (Å²) in [7, 11) is 4.06. The molecule has 0 unspecified atom stereocenters. The van der Waals surface area contributed by atoms with E-state index >= 15 is 0 Å². The second-order valence-corrected chi connectivity index (χ2v) is 5.07. The normalized spacial score (nSPS) is 10.8. The zero-order valence-electron chi connectivity index (χ0n) is 12.1. The van der Waals surface area contributed by atoms with Crippen LogP contribution in [0, 0.1) is 0 Å². The average Bonchev–Trinajstić information content (AvgIpc) is 2.86. The standard InChI is InChI=1S/C15H18N6/c1-20(2)12-8-6-11(7-9-12)10-17-13-4-3-5-14-18-15(16)19-21(13)14/h3-9,17H,10H2,1-2H3,(H2,16,19). The summed E-state index contributed by atoms with van der Waals surface area (Å²) in [5, 5.41) is 7.53. The van der Waals surface area contributed by atoms with Crippen molar-refractivity contribution in [1.29, 1.82) is 0 Å². The average molecular weight is 282 g/mol. The fourth-order valence-electron chi connectivity index (χ4n) is 2.16. The third-order valence-electron chi connectivity index (χ3n) is 3.30. The molecule has 0 amide bonds. The zero-order chi connectivity index (χ0) is 14.8. The van der Waals surface area contributed by atoms with Gasteiger partial charge in [0.15, 0.2) is 5.65 Å². The first-order valence-electron chi connectivity index (χ1n) is 6.75. The van der Waals surface area contributed by atoms with Crippen LogP contribution in [0.2, 0.25) is 0 Å². The van der Waals surface area contributed by atoms with Gasteiger partial charge in [-0.1, -0.05) is 18.2 Å². The van der Waals surface area contributed by atoms with Crippen molar-refractivity contribution in [3.63, 3.8) is 0 Å². The van der Waals surface area contributed by atoms with Crippen molar-refractivity contribution in [1.82, 2.24) is 14.6 Å². The molecule has 0 saturated carbocycles. The first-order chi connectivity index (χ1) is 10.1. The van der Waals surface area contributed by atoms with E-state index in [1.807, 2.05) is 32.3 Å². The lowest BCUT2D eigenvalue weighted by atomic mass is 10.2. The van der Waals surface area contributed by atoms with Crippen LogP contribution in [0.5, 0.6) is 0 Å². The van der Waals surface area contributed by atoms with Crippen LogP contribution in [0.4, 0.5) is 17.5 Å². The molecule has 0 spiro atoms. The number of nitrogens with zero attached hydrogens (tertiary/aromatic N) is 4. The number of rotatable bonds is 4. The van der Waals surface area contributed by atoms with Crippen molar-refractivity contribution in [2.75, 3.05) is 30.0 Å². The van der Waals surface area contributed by atoms with Gasteiger partial charge in [0.05, 0.1) is 0 Å². The Balaban J connectivity index is 1.77. The summed E-state index contributed by atoms with van der Waals surface area (Å²) in [5.74, 6) is 1.15. The van der Waals surface area contributed by atoms with Gasteiger partial charge in [0.2, 0.25) is 5.95 Å². The number of anilines is 3. The number of hydrogen-bond donors (Lipinski definition) is 2. The van der Waals surface area contributed by atoms with Gasteiger partial charge >= 0.3 is 0 Å². The molecule has 0 atom stereocenters. The van der Waals surface area contributed by atoms with Gasteiger partial charge in [-0.25, -0.2) is 0 Å². The number of nitrogens with two attached hydrogens (primary N) is 1. The maximum atomic E-state index is 5.64. The molecule has 0 saturated heterocycles. The number of nitrogen functional groups attached to an aromatic ring is 1. The van der Waals surface area contributed by atoms with E-state index in [-0.39, 0.29) is 5.95 Å². The lowest BCUT2D eigenvalue weighted by molar-refractivity contribution is 0.949. The number of pyridine rings is 1. The first kappa shape index (κ1) is 13.2. The van der Waals surface area contributed by atoms with E-state index < -0.39 is 0 Å². The minimum absolute atomic E-state index is 0.277. The summed E-state index contributed by atoms with van der Waals surface area (Å²) >= 11 is 0. The molecule has 6 heteroatoms. The number of fused-ring (bicyclic) bond motifs is 1. The maximum absolute atomic E-state index is 5.64. The Morgan fingerprint density at radius 1 is 1.14 bits per heavy atom. The van der Waals surface area contributed by atoms with Gasteiger partial charge in [0, 0.05) is 26.3 Å². The molecule has 2 heterocycles. The van der Waals surface area contributed by atoms with E-state index in [9.17, 15) is 0 Å². The number of hydrogen-bond acceptors (Lipinski definition) is 5. The molecule has 0 radical (unpaired) electrons. The number of aromatic nitrogens is 3. The van der Waals surface area contributed by atoms with E-state index in [2.05, 4.69) is 44.6 Å². The highest BCUT2D eigenvalue weighted by Gasteiger charge is 2.04. The molecule has 6 nitrogen and oxygen atoms in total. The molecule has 3 N–H and O–H groups in total. The van der Waals surface area contributed by atoms with Gasteiger partial charge in [-0.3, -0.25) is 0 Å². The maximum Gasteiger partial charge on any atom is 0.240 e. The summed E-state index contributed by atoms with van der Waals surface area (Å²) < 4.78 is 1.71. The molecule has 0 aliphatic heterocycles. The van der Waals surface area contributed by atoms with E-state index in [0.717, 1.165) is 11.5 Å². The minimum atomic E-state index is 0.277. The third kappa shape index (κ3) is 2.74. The van der Waals surface area contributed by atoms with Crippen molar-refractivity contribution >= 4 is 23.1 Å². The Bertz CT molecular complexity index is 744. The fourth-order valence-corrected chi connectivity index (χ4v) is 2.16. The van der Waals surface area contributed by atoms with Gasteiger partial charge in [0.25, 0.3) is 0 Å². The van der Waals surface area contributed by atoms with Crippen LogP contribution >= 0.6 is 0 Å². The van der Waals surface area contributed by atoms with Crippen molar-refractivity contribution < 1.29 is 0 Å². The summed E-state index contributed by atoms with van der Waals surface area (Å²) in [6, 6.07) is 14.2. The molecule has 3 rings (SSSR count). The van der Waals surface area contributed by atoms with Crippen LogP contribution in [-0.2, 0) is 6.54 Å². The molecule has 21 heavy (non-hydrogen) atoms. The lowest BCUT2D eigenvalue weighted by Gasteiger charge is -2.13. The van der Waals surface area contributed by atoms with Crippen molar-refractivity contribution in [3.05, 3.63) is 48.0 Å². The minimum Gasteiger partial charge on any atom is -0.378 e. The van der Waals surface area contributed by atoms with Crippen LogP contribution in [0.25, 0.3) is 5.65 Å². The molecule has 3 aromatic rings. The highest BCUT2D eigenvalue weighted by Crippen LogP contribution is 2.15. The van der Waals surface area contributed by atoms with Gasteiger partial charge in [-0.2, -0.15) is 9.50 Å². The highest BCUT2D eigenvalue weighted by atomic mass is 15.4. The van der Waals surface area contributed by atoms with E-state index in [1.54, 1.807) is 4.52 Å². The van der Waals surface area contributed by atoms with Gasteiger partial charge in [-0.15, -0.1) is 5.10 Å². The fraction of sp³-hybridized carbons (Fsp3) is 0.200. The smallest absolute Gasteiger partial charge is 0.240 e. The Kier molecular flexibility index (Phi) is 3.35. The zero-order valence-corrected chi connectivity index (χ0v) is 12.1. The summed E-state index contributed by atoms with van der Waals surface area (Å²) in [4.78, 5) is 6.22. The largest absolute Gasteiger partial charge is 0.378 e. The highest BCUT2D eigenvalue weighted by molar-refractivity contribution is 5.51. The van der Waals surface area contributed by atoms with Crippen LogP contribution in [0.15, 0.2) is 42.5 Å². The Labute approximate surface area is 123 Å². The number of benzene rings is 1. The van der Waals surface area contributed by atoms with Gasteiger partial charge in [-0.05, 0) is 29.8 Å². The van der Waals surface area contributed by atoms with Crippen molar-refractivity contribution in [2.45, 2.75) is 6.54 Å². The molecule has 0 aliphatic carbocycles. The molecular formula is C15H18N6.